The van der Waals surface area contributed by atoms with Crippen molar-refractivity contribution < 1.29 is 4.79 Å². The molecular formula is C27H57N9O. The third kappa shape index (κ3) is 17.9. The van der Waals surface area contributed by atoms with Gasteiger partial charge in [-0.2, -0.15) is 33.2 Å². The number of primary amides is 1. The van der Waals surface area contributed by atoms with Gasteiger partial charge in [0.1, 0.15) is 0 Å². The smallest absolute Gasteiger partial charge is 0.220 e. The molecule has 37 heavy (non-hydrogen) atoms. The number of amides is 1. The first-order chi connectivity index (χ1) is 18.3. The molecule has 0 aliphatic carbocycles. The minimum atomic E-state index is -0.107. The van der Waals surface area contributed by atoms with Gasteiger partial charge in [0.2, 0.25) is 5.91 Å². The van der Waals surface area contributed by atoms with Crippen molar-refractivity contribution in [3.8, 4) is 0 Å². The zero-order chi connectivity index (χ0) is 26.2. The highest BCUT2D eigenvalue weighted by Crippen LogP contribution is 2.25. The molecule has 0 aromatic rings. The summed E-state index contributed by atoms with van der Waals surface area (Å²) in [6.45, 7) is 2.84. The number of carbonyl (C=O) groups is 1. The molecule has 2 aliphatic rings. The molecule has 1 amide bonds. The Morgan fingerprint density at radius 1 is 0.622 bits per heavy atom. The predicted octanol–water partition coefficient (Wildman–Crippen LogP) is 3.53. The Bertz CT molecular complexity index is 578. The van der Waals surface area contributed by atoms with Gasteiger partial charge in [0.05, 0.1) is 0 Å². The second-order valence-corrected chi connectivity index (χ2v) is 10.9. The van der Waals surface area contributed by atoms with Crippen LogP contribution >= 0.6 is 0 Å². The third-order valence-electron chi connectivity index (χ3n) is 7.75. The Morgan fingerprint density at radius 3 is 2.03 bits per heavy atom. The van der Waals surface area contributed by atoms with Gasteiger partial charge >= 0.3 is 0 Å². The van der Waals surface area contributed by atoms with Gasteiger partial charge in [0, 0.05) is 25.6 Å². The van der Waals surface area contributed by atoms with E-state index in [2.05, 4.69) is 55.8 Å². The van der Waals surface area contributed by atoms with Gasteiger partial charge in [-0.15, -0.1) is 0 Å². The van der Waals surface area contributed by atoms with Crippen molar-refractivity contribution >= 4 is 5.91 Å². The summed E-state index contributed by atoms with van der Waals surface area (Å²) in [4.78, 5) is 12.2. The number of fused-ring (bicyclic) bond motifs is 3. The van der Waals surface area contributed by atoms with E-state index < -0.39 is 0 Å². The monoisotopic (exact) mass is 523 g/mol. The summed E-state index contributed by atoms with van der Waals surface area (Å²) < 4.78 is 0. The molecule has 216 valence electrons. The molecule has 0 aromatic carbocycles. The zero-order valence-corrected chi connectivity index (χ0v) is 23.3. The number of rotatable bonds is 1. The van der Waals surface area contributed by atoms with E-state index in [0.29, 0.717) is 5.92 Å². The molecule has 3 atom stereocenters. The predicted molar refractivity (Wildman–Crippen MR) is 151 cm³/mol. The van der Waals surface area contributed by atoms with Crippen LogP contribution in [0.25, 0.3) is 0 Å². The van der Waals surface area contributed by atoms with E-state index in [1.807, 2.05) is 0 Å². The van der Waals surface area contributed by atoms with Gasteiger partial charge in [0.25, 0.3) is 0 Å². The summed E-state index contributed by atoms with van der Waals surface area (Å²) in [5.41, 5.74) is 26.8. The van der Waals surface area contributed by atoms with Crippen LogP contribution in [0.2, 0.25) is 0 Å². The maximum atomic E-state index is 12.2. The van der Waals surface area contributed by atoms with Crippen molar-refractivity contribution in [3.63, 3.8) is 0 Å². The maximum absolute atomic E-state index is 12.2. The molecule has 2 rings (SSSR count). The first-order valence-corrected chi connectivity index (χ1v) is 15.2. The molecular weight excluding hydrogens is 466 g/mol. The summed E-state index contributed by atoms with van der Waals surface area (Å²) in [5.74, 6) is 0.516. The maximum Gasteiger partial charge on any atom is 0.220 e. The number of hydrogen-bond acceptors (Lipinski definition) is 9. The summed E-state index contributed by atoms with van der Waals surface area (Å²) in [5, 5.41) is 2.23. The first kappa shape index (κ1) is 32.1. The van der Waals surface area contributed by atoms with Crippen molar-refractivity contribution in [2.45, 2.75) is 122 Å². The van der Waals surface area contributed by atoms with Crippen LogP contribution in [-0.4, -0.2) is 30.6 Å². The van der Waals surface area contributed by atoms with Crippen molar-refractivity contribution in [1.82, 2.24) is 43.6 Å². The number of hydrazine groups is 7. The van der Waals surface area contributed by atoms with Crippen LogP contribution in [0.4, 0.5) is 0 Å². The van der Waals surface area contributed by atoms with Crippen LogP contribution in [0, 0.1) is 11.8 Å². The summed E-state index contributed by atoms with van der Waals surface area (Å²) in [6, 6.07) is 0. The molecule has 2 heterocycles. The standard InChI is InChI=1S/C27H57N9O/c28-27(37)26-18-14-10-6-4-2-1-3-5-7-11-15-22-29-30-31-32-33-34-35-36-23-16-12-8-9-13-17-25(19-20-26)21-24-36/h8-9,25-26,29-35H,1-7,10-24H2,(H2,28,37). The second-order valence-electron chi connectivity index (χ2n) is 10.9. The number of nitrogens with two attached hydrogens (primary N) is 1. The average Bonchev–Trinajstić information content (AvgIpc) is 2.94. The molecule has 10 heteroatoms. The van der Waals surface area contributed by atoms with E-state index in [9.17, 15) is 4.79 Å². The molecule has 0 spiro atoms. The number of nitrogens with one attached hydrogen (secondary N) is 7. The van der Waals surface area contributed by atoms with E-state index in [1.54, 1.807) is 0 Å². The van der Waals surface area contributed by atoms with Gasteiger partial charge in [-0.1, -0.05) is 76.4 Å². The molecule has 9 N–H and O–H groups in total. The number of hydrogen-bond donors (Lipinski definition) is 8. The Morgan fingerprint density at radius 2 is 1.27 bits per heavy atom. The Balaban J connectivity index is 1.83. The van der Waals surface area contributed by atoms with Gasteiger partial charge < -0.3 is 5.73 Å². The highest BCUT2D eigenvalue weighted by Gasteiger charge is 2.19. The fourth-order valence-electron chi connectivity index (χ4n) is 5.33. The molecule has 3 unspecified atom stereocenters. The topological polar surface area (TPSA) is 131 Å². The van der Waals surface area contributed by atoms with Crippen LogP contribution in [0.5, 0.6) is 0 Å². The van der Waals surface area contributed by atoms with Crippen LogP contribution in [0.3, 0.4) is 0 Å². The van der Waals surface area contributed by atoms with E-state index >= 15 is 0 Å². The van der Waals surface area contributed by atoms with E-state index in [1.165, 1.54) is 70.6 Å². The minimum absolute atomic E-state index is 0.0261. The normalized spacial score (nSPS) is 29.0. The van der Waals surface area contributed by atoms with Crippen molar-refractivity contribution in [3.05, 3.63) is 12.2 Å². The highest BCUT2D eigenvalue weighted by atomic mass is 16.1. The fraction of sp³-hybridized carbons (Fsp3) is 0.889. The summed E-state index contributed by atoms with van der Waals surface area (Å²) in [6.07, 6.45) is 27.3. The third-order valence-corrected chi connectivity index (χ3v) is 7.75. The van der Waals surface area contributed by atoms with Crippen molar-refractivity contribution in [2.75, 3.05) is 19.6 Å². The molecule has 10 nitrogen and oxygen atoms in total. The zero-order valence-electron chi connectivity index (χ0n) is 23.3. The van der Waals surface area contributed by atoms with Gasteiger partial charge in [-0.3, -0.25) is 4.79 Å². The summed E-state index contributed by atoms with van der Waals surface area (Å²) >= 11 is 0. The Labute approximate surface area is 225 Å². The average molecular weight is 524 g/mol. The molecule has 2 aliphatic heterocycles. The lowest BCUT2D eigenvalue weighted by molar-refractivity contribution is -0.122. The Hall–Kier alpha value is -1.11. The van der Waals surface area contributed by atoms with Crippen molar-refractivity contribution in [2.24, 2.45) is 17.6 Å². The van der Waals surface area contributed by atoms with Gasteiger partial charge in [0.15, 0.2) is 0 Å². The van der Waals surface area contributed by atoms with E-state index in [4.69, 9.17) is 5.73 Å². The lowest BCUT2D eigenvalue weighted by atomic mass is 9.87. The summed E-state index contributed by atoms with van der Waals surface area (Å²) in [7, 11) is 0. The molecule has 0 saturated carbocycles. The number of allylic oxidation sites excluding steroid dienone is 2. The van der Waals surface area contributed by atoms with Gasteiger partial charge in [-0.25, -0.2) is 10.4 Å². The van der Waals surface area contributed by atoms with Gasteiger partial charge in [-0.05, 0) is 63.7 Å². The van der Waals surface area contributed by atoms with Crippen molar-refractivity contribution in [1.29, 1.82) is 0 Å². The van der Waals surface area contributed by atoms with Crippen LogP contribution in [0.15, 0.2) is 12.2 Å². The van der Waals surface area contributed by atoms with E-state index in [-0.39, 0.29) is 11.8 Å². The molecule has 0 radical (unpaired) electrons. The fourth-order valence-corrected chi connectivity index (χ4v) is 5.33. The molecule has 0 aromatic heterocycles. The lowest BCUT2D eigenvalue weighted by Crippen LogP contribution is -2.63. The number of carbonyl (C=O) groups excluding carboxylic acids is 1. The molecule has 2 bridgehead atoms. The van der Waals surface area contributed by atoms with Crippen LogP contribution < -0.4 is 44.4 Å². The van der Waals surface area contributed by atoms with Crippen LogP contribution in [0.1, 0.15) is 122 Å². The minimum Gasteiger partial charge on any atom is -0.369 e. The van der Waals surface area contributed by atoms with E-state index in [0.717, 1.165) is 71.0 Å². The lowest BCUT2D eigenvalue weighted by Gasteiger charge is -2.26. The largest absolute Gasteiger partial charge is 0.369 e. The SMILES string of the molecule is NC(=O)C1CCCCCCCCCCCCCNNNNNNNN2CCCC=CCCC(CC1)CC2. The van der Waals surface area contributed by atoms with Crippen LogP contribution in [-0.2, 0) is 4.79 Å². The highest BCUT2D eigenvalue weighted by molar-refractivity contribution is 5.76. The molecule has 1 saturated heterocycles. The Kier molecular flexibility index (Phi) is 19.8. The molecule has 1 fully saturated rings. The quantitative estimate of drug-likeness (QED) is 0.243. The first-order valence-electron chi connectivity index (χ1n) is 15.2. The second kappa shape index (κ2) is 22.8. The number of nitrogens with zero attached hydrogens (tertiary/aromatic N) is 1.